The van der Waals surface area contributed by atoms with Gasteiger partial charge >= 0.3 is 5.97 Å². The first-order chi connectivity index (χ1) is 12.5. The van der Waals surface area contributed by atoms with Crippen LogP contribution in [0.3, 0.4) is 0 Å². The first-order valence-electron chi connectivity index (χ1n) is 7.89. The molecule has 1 heterocycles. The van der Waals surface area contributed by atoms with Gasteiger partial charge in [0.05, 0.1) is 6.54 Å². The Morgan fingerprint density at radius 1 is 1.15 bits per heavy atom. The quantitative estimate of drug-likeness (QED) is 0.699. The van der Waals surface area contributed by atoms with Gasteiger partial charge in [-0.3, -0.25) is 9.48 Å². The van der Waals surface area contributed by atoms with Crippen molar-refractivity contribution in [3.63, 3.8) is 0 Å². The predicted molar refractivity (Wildman–Crippen MR) is 97.1 cm³/mol. The van der Waals surface area contributed by atoms with Gasteiger partial charge in [0.1, 0.15) is 0 Å². The summed E-state index contributed by atoms with van der Waals surface area (Å²) in [5.41, 5.74) is 1.58. The number of hydrogen-bond acceptors (Lipinski definition) is 3. The Balaban J connectivity index is 1.80. The van der Waals surface area contributed by atoms with Gasteiger partial charge in [0.15, 0.2) is 6.04 Å². The van der Waals surface area contributed by atoms with Gasteiger partial charge in [0.2, 0.25) is 0 Å². The van der Waals surface area contributed by atoms with Gasteiger partial charge < -0.3 is 10.4 Å². The molecule has 0 aliphatic rings. The second-order valence-electron chi connectivity index (χ2n) is 5.67. The summed E-state index contributed by atoms with van der Waals surface area (Å²) < 4.78 is 1.74. The molecule has 3 aromatic rings. The first kappa shape index (κ1) is 17.7. The number of carbonyl (C=O) groups excluding carboxylic acids is 1. The fourth-order valence-electron chi connectivity index (χ4n) is 2.59. The topological polar surface area (TPSA) is 84.2 Å². The monoisotopic (exact) mass is 369 g/mol. The minimum atomic E-state index is -1.23. The number of aromatic nitrogens is 2. The van der Waals surface area contributed by atoms with Gasteiger partial charge in [-0.1, -0.05) is 41.9 Å². The maximum Gasteiger partial charge on any atom is 0.330 e. The lowest BCUT2D eigenvalue weighted by atomic mass is 10.1. The second-order valence-corrected chi connectivity index (χ2v) is 6.08. The maximum atomic E-state index is 12.6. The molecule has 0 bridgehead atoms. The van der Waals surface area contributed by atoms with Gasteiger partial charge in [0.25, 0.3) is 5.91 Å². The summed E-state index contributed by atoms with van der Waals surface area (Å²) in [6, 6.07) is 14.1. The van der Waals surface area contributed by atoms with Crippen LogP contribution in [0.1, 0.15) is 27.5 Å². The van der Waals surface area contributed by atoms with E-state index < -0.39 is 17.9 Å². The number of nitrogens with zero attached hydrogens (tertiary/aromatic N) is 2. The van der Waals surface area contributed by atoms with Crippen LogP contribution in [0.25, 0.3) is 0 Å². The van der Waals surface area contributed by atoms with E-state index in [2.05, 4.69) is 10.4 Å². The van der Waals surface area contributed by atoms with Crippen molar-refractivity contribution in [1.82, 2.24) is 15.1 Å². The standard InChI is InChI=1S/C19H16ClN3O3/c20-16-8-2-1-7-15(16)17(19(25)26)22-18(24)14-6-3-5-13(11-14)12-23-10-4-9-21-23/h1-11,17H,12H2,(H,22,24)(H,25,26)/t17-/m1/s1. The zero-order valence-electron chi connectivity index (χ0n) is 13.7. The lowest BCUT2D eigenvalue weighted by molar-refractivity contribution is -0.139. The molecular formula is C19H16ClN3O3. The van der Waals surface area contributed by atoms with Gasteiger partial charge in [0, 0.05) is 28.5 Å². The molecule has 0 saturated heterocycles. The Morgan fingerprint density at radius 2 is 1.96 bits per heavy atom. The number of carboxylic acids is 1. The van der Waals surface area contributed by atoms with Crippen LogP contribution in [-0.4, -0.2) is 26.8 Å². The number of halogens is 1. The minimum absolute atomic E-state index is 0.285. The molecule has 0 spiro atoms. The molecule has 132 valence electrons. The third-order valence-electron chi connectivity index (χ3n) is 3.83. The Labute approximate surface area is 155 Å². The highest BCUT2D eigenvalue weighted by Crippen LogP contribution is 2.23. The fourth-order valence-corrected chi connectivity index (χ4v) is 2.83. The predicted octanol–water partition coefficient (Wildman–Crippen LogP) is 3.14. The molecule has 2 N–H and O–H groups in total. The molecule has 0 aliphatic carbocycles. The molecule has 1 amide bonds. The number of benzene rings is 2. The van der Waals surface area contributed by atoms with E-state index >= 15 is 0 Å². The van der Waals surface area contributed by atoms with E-state index in [1.165, 1.54) is 0 Å². The summed E-state index contributed by atoms with van der Waals surface area (Å²) >= 11 is 6.07. The van der Waals surface area contributed by atoms with Crippen molar-refractivity contribution in [3.05, 3.63) is 88.7 Å². The van der Waals surface area contributed by atoms with Gasteiger partial charge in [-0.2, -0.15) is 5.10 Å². The van der Waals surface area contributed by atoms with Crippen molar-refractivity contribution in [3.8, 4) is 0 Å². The Hall–Kier alpha value is -3.12. The number of rotatable bonds is 6. The molecule has 0 aliphatic heterocycles. The molecule has 7 heteroatoms. The summed E-state index contributed by atoms with van der Waals surface area (Å²) in [6.07, 6.45) is 3.50. The summed E-state index contributed by atoms with van der Waals surface area (Å²) in [5, 5.41) is 16.4. The third kappa shape index (κ3) is 4.10. The number of amides is 1. The molecule has 1 atom stereocenters. The maximum absolute atomic E-state index is 12.6. The molecule has 0 radical (unpaired) electrons. The van der Waals surface area contributed by atoms with E-state index in [-0.39, 0.29) is 5.02 Å². The highest BCUT2D eigenvalue weighted by atomic mass is 35.5. The van der Waals surface area contributed by atoms with Crippen molar-refractivity contribution >= 4 is 23.5 Å². The van der Waals surface area contributed by atoms with E-state index in [1.54, 1.807) is 53.3 Å². The Bertz CT molecular complexity index is 925. The SMILES string of the molecule is O=C(N[C@@H](C(=O)O)c1ccccc1Cl)c1cccc(Cn2cccn2)c1. The van der Waals surface area contributed by atoms with Crippen LogP contribution in [0.2, 0.25) is 5.02 Å². The van der Waals surface area contributed by atoms with Crippen LogP contribution in [-0.2, 0) is 11.3 Å². The van der Waals surface area contributed by atoms with Crippen molar-refractivity contribution in [1.29, 1.82) is 0 Å². The largest absolute Gasteiger partial charge is 0.479 e. The van der Waals surface area contributed by atoms with Crippen LogP contribution >= 0.6 is 11.6 Å². The highest BCUT2D eigenvalue weighted by molar-refractivity contribution is 6.31. The smallest absolute Gasteiger partial charge is 0.330 e. The molecule has 6 nitrogen and oxygen atoms in total. The van der Waals surface area contributed by atoms with Crippen LogP contribution < -0.4 is 5.32 Å². The van der Waals surface area contributed by atoms with Crippen LogP contribution in [0.4, 0.5) is 0 Å². The molecular weight excluding hydrogens is 354 g/mol. The summed E-state index contributed by atoms with van der Waals surface area (Å²) in [5.74, 6) is -1.67. The molecule has 0 fully saturated rings. The number of carbonyl (C=O) groups is 2. The highest BCUT2D eigenvalue weighted by Gasteiger charge is 2.24. The number of nitrogens with one attached hydrogen (secondary N) is 1. The normalized spacial score (nSPS) is 11.7. The minimum Gasteiger partial charge on any atom is -0.479 e. The van der Waals surface area contributed by atoms with Gasteiger partial charge in [-0.05, 0) is 29.8 Å². The Kier molecular flexibility index (Phi) is 5.34. The fraction of sp³-hybridized carbons (Fsp3) is 0.105. The summed E-state index contributed by atoms with van der Waals surface area (Å²) in [4.78, 5) is 24.2. The molecule has 2 aromatic carbocycles. The average molecular weight is 370 g/mol. The first-order valence-corrected chi connectivity index (χ1v) is 8.27. The van der Waals surface area contributed by atoms with E-state index in [1.807, 2.05) is 18.3 Å². The molecule has 0 saturated carbocycles. The van der Waals surface area contributed by atoms with Gasteiger partial charge in [-0.15, -0.1) is 0 Å². The third-order valence-corrected chi connectivity index (χ3v) is 4.18. The van der Waals surface area contributed by atoms with Crippen LogP contribution in [0.15, 0.2) is 67.0 Å². The molecule has 0 unspecified atom stereocenters. The van der Waals surface area contributed by atoms with E-state index in [9.17, 15) is 14.7 Å². The summed E-state index contributed by atoms with van der Waals surface area (Å²) in [7, 11) is 0. The average Bonchev–Trinajstić information content (AvgIpc) is 3.13. The zero-order chi connectivity index (χ0) is 18.5. The lowest BCUT2D eigenvalue weighted by Crippen LogP contribution is -2.34. The van der Waals surface area contributed by atoms with Crippen molar-refractivity contribution < 1.29 is 14.7 Å². The van der Waals surface area contributed by atoms with Crippen molar-refractivity contribution in [2.75, 3.05) is 0 Å². The molecule has 26 heavy (non-hydrogen) atoms. The van der Waals surface area contributed by atoms with E-state index in [0.29, 0.717) is 17.7 Å². The molecule has 3 rings (SSSR count). The number of carboxylic acid groups (broad SMARTS) is 1. The van der Waals surface area contributed by atoms with E-state index in [4.69, 9.17) is 11.6 Å². The second kappa shape index (κ2) is 7.84. The lowest BCUT2D eigenvalue weighted by Gasteiger charge is -2.16. The van der Waals surface area contributed by atoms with Crippen LogP contribution in [0, 0.1) is 0 Å². The Morgan fingerprint density at radius 3 is 2.65 bits per heavy atom. The van der Waals surface area contributed by atoms with Crippen molar-refractivity contribution in [2.24, 2.45) is 0 Å². The number of hydrogen-bond donors (Lipinski definition) is 2. The summed E-state index contributed by atoms with van der Waals surface area (Å²) in [6.45, 7) is 0.515. The van der Waals surface area contributed by atoms with Gasteiger partial charge in [-0.25, -0.2) is 4.79 Å². The number of aliphatic carboxylic acids is 1. The van der Waals surface area contributed by atoms with Crippen LogP contribution in [0.5, 0.6) is 0 Å². The zero-order valence-corrected chi connectivity index (χ0v) is 14.4. The van der Waals surface area contributed by atoms with Crippen molar-refractivity contribution in [2.45, 2.75) is 12.6 Å². The van der Waals surface area contributed by atoms with E-state index in [0.717, 1.165) is 5.56 Å². The molecule has 1 aromatic heterocycles.